The maximum atomic E-state index is 13.3. The molecule has 0 fully saturated rings. The third-order valence-corrected chi connectivity index (χ3v) is 7.95. The van der Waals surface area contributed by atoms with Crippen molar-refractivity contribution in [3.63, 3.8) is 0 Å². The van der Waals surface area contributed by atoms with Gasteiger partial charge in [-0.2, -0.15) is 4.72 Å². The first-order valence-corrected chi connectivity index (χ1v) is 12.6. The van der Waals surface area contributed by atoms with E-state index in [0.717, 1.165) is 31.2 Å². The van der Waals surface area contributed by atoms with Crippen molar-refractivity contribution in [1.82, 2.24) is 14.9 Å². The molecule has 1 heterocycles. The van der Waals surface area contributed by atoms with Crippen molar-refractivity contribution in [2.24, 2.45) is 0 Å². The van der Waals surface area contributed by atoms with Crippen LogP contribution in [0.4, 0.5) is 0 Å². The summed E-state index contributed by atoms with van der Waals surface area (Å²) < 4.78 is 40.3. The monoisotopic (exact) mass is 521 g/mol. The van der Waals surface area contributed by atoms with Gasteiger partial charge in [0.25, 0.3) is 0 Å². The number of benzene rings is 2. The molecule has 1 aliphatic rings. The SMILES string of the molecule is COc1cc(S(=O)(=O)NC(c2n[nH]c(=O)o2)C(C)c2cccc3c2CCCC3)ccc1Br. The third kappa shape index (κ3) is 4.53. The summed E-state index contributed by atoms with van der Waals surface area (Å²) in [6.07, 6.45) is 4.16. The van der Waals surface area contributed by atoms with E-state index in [9.17, 15) is 13.2 Å². The van der Waals surface area contributed by atoms with Crippen LogP contribution in [0.15, 0.2) is 55.0 Å². The van der Waals surface area contributed by atoms with E-state index in [1.807, 2.05) is 19.1 Å². The minimum absolute atomic E-state index is 0.0106. The number of ether oxygens (including phenoxy) is 1. The number of aromatic nitrogens is 2. The van der Waals surface area contributed by atoms with Crippen molar-refractivity contribution in [3.8, 4) is 5.75 Å². The van der Waals surface area contributed by atoms with Gasteiger partial charge in [0.1, 0.15) is 11.8 Å². The number of aromatic amines is 1. The molecule has 2 aromatic carbocycles. The Hall–Kier alpha value is -2.43. The zero-order chi connectivity index (χ0) is 22.9. The maximum absolute atomic E-state index is 13.3. The number of aryl methyl sites for hydroxylation is 1. The molecule has 0 bridgehead atoms. The van der Waals surface area contributed by atoms with Gasteiger partial charge in [0.15, 0.2) is 0 Å². The molecule has 0 saturated carbocycles. The number of methoxy groups -OCH3 is 1. The lowest BCUT2D eigenvalue weighted by Crippen LogP contribution is -2.33. The average Bonchev–Trinajstić information content (AvgIpc) is 3.22. The van der Waals surface area contributed by atoms with E-state index < -0.39 is 21.8 Å². The molecule has 2 unspecified atom stereocenters. The lowest BCUT2D eigenvalue weighted by Gasteiger charge is -2.27. The highest BCUT2D eigenvalue weighted by molar-refractivity contribution is 9.10. The highest BCUT2D eigenvalue weighted by Crippen LogP contribution is 2.36. The van der Waals surface area contributed by atoms with E-state index in [4.69, 9.17) is 9.15 Å². The number of halogens is 1. The highest BCUT2D eigenvalue weighted by Gasteiger charge is 2.33. The van der Waals surface area contributed by atoms with E-state index in [2.05, 4.69) is 36.9 Å². The van der Waals surface area contributed by atoms with Gasteiger partial charge in [0.2, 0.25) is 15.9 Å². The molecule has 0 spiro atoms. The molecule has 2 N–H and O–H groups in total. The van der Waals surface area contributed by atoms with Crippen LogP contribution in [-0.2, 0) is 22.9 Å². The highest BCUT2D eigenvalue weighted by atomic mass is 79.9. The van der Waals surface area contributed by atoms with Gasteiger partial charge < -0.3 is 9.15 Å². The van der Waals surface area contributed by atoms with Gasteiger partial charge in [-0.05, 0) is 70.4 Å². The lowest BCUT2D eigenvalue weighted by molar-refractivity contribution is 0.380. The molecule has 0 amide bonds. The van der Waals surface area contributed by atoms with Gasteiger partial charge in [-0.15, -0.1) is 5.10 Å². The molecule has 170 valence electrons. The van der Waals surface area contributed by atoms with Crippen molar-refractivity contribution in [1.29, 1.82) is 0 Å². The molecule has 2 atom stereocenters. The zero-order valence-corrected chi connectivity index (χ0v) is 20.1. The van der Waals surface area contributed by atoms with Crippen molar-refractivity contribution < 1.29 is 17.6 Å². The number of rotatable bonds is 7. The van der Waals surface area contributed by atoms with Gasteiger partial charge in [-0.3, -0.25) is 0 Å². The van der Waals surface area contributed by atoms with Gasteiger partial charge >= 0.3 is 5.76 Å². The molecule has 1 aromatic heterocycles. The summed E-state index contributed by atoms with van der Waals surface area (Å²) in [7, 11) is -2.52. The van der Waals surface area contributed by atoms with Crippen LogP contribution in [0.3, 0.4) is 0 Å². The van der Waals surface area contributed by atoms with E-state index in [1.165, 1.54) is 30.4 Å². The summed E-state index contributed by atoms with van der Waals surface area (Å²) in [5, 5.41) is 6.17. The summed E-state index contributed by atoms with van der Waals surface area (Å²) >= 11 is 3.33. The largest absolute Gasteiger partial charge is 0.496 e. The first kappa shape index (κ1) is 22.8. The van der Waals surface area contributed by atoms with Crippen molar-refractivity contribution in [2.75, 3.05) is 7.11 Å². The van der Waals surface area contributed by atoms with Crippen molar-refractivity contribution in [2.45, 2.75) is 49.5 Å². The molecule has 0 aliphatic heterocycles. The van der Waals surface area contributed by atoms with Crippen LogP contribution < -0.4 is 15.2 Å². The summed E-state index contributed by atoms with van der Waals surface area (Å²) in [6.45, 7) is 1.91. The lowest BCUT2D eigenvalue weighted by atomic mass is 9.82. The van der Waals surface area contributed by atoms with Crippen molar-refractivity contribution >= 4 is 26.0 Å². The topological polar surface area (TPSA) is 114 Å². The Morgan fingerprint density at radius 2 is 2.00 bits per heavy atom. The number of sulfonamides is 1. The quantitative estimate of drug-likeness (QED) is 0.488. The van der Waals surface area contributed by atoms with Crippen LogP contribution in [0.1, 0.15) is 54.3 Å². The zero-order valence-electron chi connectivity index (χ0n) is 17.7. The summed E-state index contributed by atoms with van der Waals surface area (Å²) in [4.78, 5) is 11.7. The Labute approximate surface area is 194 Å². The molecule has 32 heavy (non-hydrogen) atoms. The van der Waals surface area contributed by atoms with Crippen LogP contribution >= 0.6 is 15.9 Å². The normalized spacial score (nSPS) is 15.7. The predicted molar refractivity (Wildman–Crippen MR) is 122 cm³/mol. The van der Waals surface area contributed by atoms with Crippen molar-refractivity contribution in [3.05, 3.63) is 74.0 Å². The fourth-order valence-corrected chi connectivity index (χ4v) is 5.89. The van der Waals surface area contributed by atoms with Gasteiger partial charge in [-0.1, -0.05) is 25.1 Å². The fraction of sp³-hybridized carbons (Fsp3) is 0.364. The first-order valence-electron chi connectivity index (χ1n) is 10.3. The average molecular weight is 522 g/mol. The Kier molecular flexibility index (Phi) is 6.55. The Balaban J connectivity index is 1.75. The second-order valence-electron chi connectivity index (χ2n) is 7.83. The summed E-state index contributed by atoms with van der Waals surface area (Å²) in [5.41, 5.74) is 3.54. The molecule has 0 saturated heterocycles. The number of hydrogen-bond acceptors (Lipinski definition) is 6. The van der Waals surface area contributed by atoms with E-state index >= 15 is 0 Å². The molecule has 4 rings (SSSR count). The molecular weight excluding hydrogens is 498 g/mol. The minimum atomic E-state index is -3.99. The Bertz CT molecular complexity index is 1280. The number of fused-ring (bicyclic) bond motifs is 1. The van der Waals surface area contributed by atoms with E-state index in [0.29, 0.717) is 10.2 Å². The molecular formula is C22H24BrN3O5S. The number of nitrogens with one attached hydrogen (secondary N) is 2. The number of nitrogens with zero attached hydrogens (tertiary/aromatic N) is 1. The maximum Gasteiger partial charge on any atom is 0.434 e. The number of hydrogen-bond donors (Lipinski definition) is 2. The summed E-state index contributed by atoms with van der Waals surface area (Å²) in [6, 6.07) is 9.73. The first-order chi connectivity index (χ1) is 15.3. The minimum Gasteiger partial charge on any atom is -0.496 e. The van der Waals surface area contributed by atoms with Crippen LogP contribution in [-0.4, -0.2) is 25.7 Å². The van der Waals surface area contributed by atoms with Crippen LogP contribution in [0.25, 0.3) is 0 Å². The second-order valence-corrected chi connectivity index (χ2v) is 10.4. The second kappa shape index (κ2) is 9.21. The molecule has 1 aliphatic carbocycles. The van der Waals surface area contributed by atoms with E-state index in [1.54, 1.807) is 6.07 Å². The molecule has 10 heteroatoms. The third-order valence-electron chi connectivity index (χ3n) is 5.86. The van der Waals surface area contributed by atoms with Gasteiger partial charge in [0.05, 0.1) is 16.5 Å². The Morgan fingerprint density at radius 1 is 1.22 bits per heavy atom. The van der Waals surface area contributed by atoms with Crippen LogP contribution in [0.2, 0.25) is 0 Å². The van der Waals surface area contributed by atoms with Gasteiger partial charge in [0, 0.05) is 12.0 Å². The van der Waals surface area contributed by atoms with E-state index in [-0.39, 0.29) is 16.7 Å². The predicted octanol–water partition coefficient (Wildman–Crippen LogP) is 3.84. The van der Waals surface area contributed by atoms with Crippen LogP contribution in [0, 0.1) is 0 Å². The van der Waals surface area contributed by atoms with Gasteiger partial charge in [-0.25, -0.2) is 18.3 Å². The smallest absolute Gasteiger partial charge is 0.434 e. The fourth-order valence-electron chi connectivity index (χ4n) is 4.20. The molecule has 8 nitrogen and oxygen atoms in total. The van der Waals surface area contributed by atoms with Crippen LogP contribution in [0.5, 0.6) is 5.75 Å². The summed E-state index contributed by atoms with van der Waals surface area (Å²) in [5.74, 6) is -0.692. The molecule has 0 radical (unpaired) electrons. The molecule has 3 aromatic rings. The number of H-pyrrole nitrogens is 1. The Morgan fingerprint density at radius 3 is 2.72 bits per heavy atom. The standard InChI is InChI=1S/C22H24BrN3O5S/c1-13(16-9-5-7-14-6-3-4-8-17(14)16)20(21-24-25-22(27)31-21)26-32(28,29)15-10-11-18(23)19(12-15)30-2/h5,7,9-13,20,26H,3-4,6,8H2,1-2H3,(H,25,27).